The molecule has 1 heterocycles. The van der Waals surface area contributed by atoms with E-state index < -0.39 is 12.0 Å². The Balaban J connectivity index is 2.37. The number of H-pyrrole nitrogens is 1. The predicted octanol–water partition coefficient (Wildman–Crippen LogP) is 1.24. The lowest BCUT2D eigenvalue weighted by Gasteiger charge is -2.14. The van der Waals surface area contributed by atoms with Crippen LogP contribution in [0.15, 0.2) is 12.3 Å². The minimum Gasteiger partial charge on any atom is -0.479 e. The maximum absolute atomic E-state index is 11.2. The summed E-state index contributed by atoms with van der Waals surface area (Å²) < 4.78 is 0. The molecule has 90 valence electrons. The predicted molar refractivity (Wildman–Crippen MR) is 62.3 cm³/mol. The number of amides is 1. The monoisotopic (exact) mass is 234 g/mol. The molecule has 17 heavy (non-hydrogen) atoms. The SMILES string of the molecule is CC(=O)NC(C(=O)O)c1c[nH]c2c1C=CCC2. The van der Waals surface area contributed by atoms with Crippen molar-refractivity contribution in [2.24, 2.45) is 0 Å². The fourth-order valence-corrected chi connectivity index (χ4v) is 2.04. The number of carboxylic acid groups (broad SMARTS) is 1. The summed E-state index contributed by atoms with van der Waals surface area (Å²) in [5.41, 5.74) is 2.52. The van der Waals surface area contributed by atoms with Crippen molar-refractivity contribution in [1.29, 1.82) is 0 Å². The average molecular weight is 234 g/mol. The van der Waals surface area contributed by atoms with Gasteiger partial charge in [0.25, 0.3) is 0 Å². The quantitative estimate of drug-likeness (QED) is 0.735. The number of aromatic nitrogens is 1. The zero-order chi connectivity index (χ0) is 12.4. The Labute approximate surface area is 98.5 Å². The lowest BCUT2D eigenvalue weighted by molar-refractivity contribution is -0.141. The maximum atomic E-state index is 11.2. The van der Waals surface area contributed by atoms with Gasteiger partial charge >= 0.3 is 5.97 Å². The second-order valence-corrected chi connectivity index (χ2v) is 4.05. The number of aromatic amines is 1. The van der Waals surface area contributed by atoms with Crippen molar-refractivity contribution in [3.05, 3.63) is 29.1 Å². The first-order chi connectivity index (χ1) is 8.09. The zero-order valence-electron chi connectivity index (χ0n) is 9.49. The fraction of sp³-hybridized carbons (Fsp3) is 0.333. The van der Waals surface area contributed by atoms with Gasteiger partial charge < -0.3 is 15.4 Å². The molecule has 0 saturated heterocycles. The normalized spacial score (nSPS) is 15.1. The molecular weight excluding hydrogens is 220 g/mol. The highest BCUT2D eigenvalue weighted by Gasteiger charge is 2.25. The molecule has 3 N–H and O–H groups in total. The summed E-state index contributed by atoms with van der Waals surface area (Å²) in [6, 6.07) is -0.991. The van der Waals surface area contributed by atoms with E-state index in [1.54, 1.807) is 6.20 Å². The third kappa shape index (κ3) is 2.22. The van der Waals surface area contributed by atoms with Gasteiger partial charge in [0.05, 0.1) is 0 Å². The summed E-state index contributed by atoms with van der Waals surface area (Å²) in [6.45, 7) is 1.31. The van der Waals surface area contributed by atoms with Crippen LogP contribution in [0.25, 0.3) is 6.08 Å². The van der Waals surface area contributed by atoms with E-state index in [1.807, 2.05) is 12.2 Å². The van der Waals surface area contributed by atoms with E-state index in [0.29, 0.717) is 5.56 Å². The van der Waals surface area contributed by atoms with E-state index in [1.165, 1.54) is 6.92 Å². The van der Waals surface area contributed by atoms with Gasteiger partial charge in [0.15, 0.2) is 6.04 Å². The topological polar surface area (TPSA) is 82.2 Å². The Kier molecular flexibility index (Phi) is 2.99. The Morgan fingerprint density at radius 3 is 2.94 bits per heavy atom. The van der Waals surface area contributed by atoms with Crippen LogP contribution >= 0.6 is 0 Å². The van der Waals surface area contributed by atoms with Crippen LogP contribution in [0.5, 0.6) is 0 Å². The average Bonchev–Trinajstić information content (AvgIpc) is 2.69. The molecule has 0 aromatic carbocycles. The van der Waals surface area contributed by atoms with Gasteiger partial charge in [-0.05, 0) is 12.8 Å². The minimum atomic E-state index is -1.05. The second-order valence-electron chi connectivity index (χ2n) is 4.05. The number of aliphatic carboxylic acids is 1. The van der Waals surface area contributed by atoms with Gasteiger partial charge in [-0.2, -0.15) is 0 Å². The fourth-order valence-electron chi connectivity index (χ4n) is 2.04. The van der Waals surface area contributed by atoms with Crippen molar-refractivity contribution < 1.29 is 14.7 Å². The number of hydrogen-bond acceptors (Lipinski definition) is 2. The van der Waals surface area contributed by atoms with Crippen molar-refractivity contribution >= 4 is 18.0 Å². The van der Waals surface area contributed by atoms with Crippen LogP contribution in [0.3, 0.4) is 0 Å². The van der Waals surface area contributed by atoms with Crippen molar-refractivity contribution in [1.82, 2.24) is 10.3 Å². The number of carbonyl (C=O) groups is 2. The Bertz CT molecular complexity index is 488. The van der Waals surface area contributed by atoms with E-state index in [-0.39, 0.29) is 5.91 Å². The van der Waals surface area contributed by atoms with Crippen molar-refractivity contribution in [3.8, 4) is 0 Å². The summed E-state index contributed by atoms with van der Waals surface area (Å²) in [5, 5.41) is 11.6. The van der Waals surface area contributed by atoms with Crippen molar-refractivity contribution in [3.63, 3.8) is 0 Å². The standard InChI is InChI=1S/C12H14N2O3/c1-7(15)14-11(12(16)17)9-6-13-10-5-3-2-4-8(9)10/h2,4,6,11,13H,3,5H2,1H3,(H,14,15)(H,16,17). The molecule has 5 nitrogen and oxygen atoms in total. The molecule has 5 heteroatoms. The molecule has 0 saturated carbocycles. The second kappa shape index (κ2) is 4.45. The Morgan fingerprint density at radius 2 is 2.29 bits per heavy atom. The molecule has 1 aliphatic rings. The number of aryl methyl sites for hydroxylation is 1. The largest absolute Gasteiger partial charge is 0.479 e. The van der Waals surface area contributed by atoms with Crippen LogP contribution in [-0.2, 0) is 16.0 Å². The number of carbonyl (C=O) groups excluding carboxylic acids is 1. The van der Waals surface area contributed by atoms with Gasteiger partial charge in [0, 0.05) is 29.9 Å². The van der Waals surface area contributed by atoms with Crippen LogP contribution in [0.2, 0.25) is 0 Å². The molecule has 2 rings (SSSR count). The summed E-state index contributed by atoms with van der Waals surface area (Å²) in [5.74, 6) is -1.41. The first-order valence-electron chi connectivity index (χ1n) is 5.46. The van der Waals surface area contributed by atoms with Crippen LogP contribution in [-0.4, -0.2) is 22.0 Å². The van der Waals surface area contributed by atoms with Gasteiger partial charge in [-0.3, -0.25) is 4.79 Å². The van der Waals surface area contributed by atoms with Crippen molar-refractivity contribution in [2.45, 2.75) is 25.8 Å². The molecule has 0 bridgehead atoms. The molecule has 1 aromatic heterocycles. The van der Waals surface area contributed by atoms with Gasteiger partial charge in [-0.15, -0.1) is 0 Å². The molecule has 0 radical (unpaired) electrons. The van der Waals surface area contributed by atoms with Crippen molar-refractivity contribution in [2.75, 3.05) is 0 Å². The molecular formula is C12H14N2O3. The summed E-state index contributed by atoms with van der Waals surface area (Å²) in [6.07, 6.45) is 7.40. The number of carboxylic acids is 1. The smallest absolute Gasteiger partial charge is 0.330 e. The summed E-state index contributed by atoms with van der Waals surface area (Å²) in [7, 11) is 0. The number of rotatable bonds is 3. The molecule has 1 unspecified atom stereocenters. The first kappa shape index (κ1) is 11.4. The third-order valence-electron chi connectivity index (χ3n) is 2.79. The summed E-state index contributed by atoms with van der Waals surface area (Å²) in [4.78, 5) is 25.3. The molecule has 0 aliphatic heterocycles. The van der Waals surface area contributed by atoms with Gasteiger partial charge in [0.2, 0.25) is 5.91 Å². The van der Waals surface area contributed by atoms with Gasteiger partial charge in [-0.1, -0.05) is 12.2 Å². The van der Waals surface area contributed by atoms with E-state index in [4.69, 9.17) is 5.11 Å². The number of allylic oxidation sites excluding steroid dienone is 1. The molecule has 0 fully saturated rings. The molecule has 1 amide bonds. The van der Waals surface area contributed by atoms with Crippen LogP contribution < -0.4 is 5.32 Å². The highest BCUT2D eigenvalue weighted by atomic mass is 16.4. The van der Waals surface area contributed by atoms with E-state index in [2.05, 4.69) is 10.3 Å². The number of hydrogen-bond donors (Lipinski definition) is 3. The Hall–Kier alpha value is -2.04. The maximum Gasteiger partial charge on any atom is 0.330 e. The van der Waals surface area contributed by atoms with Gasteiger partial charge in [0.1, 0.15) is 0 Å². The highest BCUT2D eigenvalue weighted by Crippen LogP contribution is 2.27. The minimum absolute atomic E-state index is 0.355. The third-order valence-corrected chi connectivity index (χ3v) is 2.79. The van der Waals surface area contributed by atoms with E-state index >= 15 is 0 Å². The van der Waals surface area contributed by atoms with Crippen LogP contribution in [0, 0.1) is 0 Å². The Morgan fingerprint density at radius 1 is 1.53 bits per heavy atom. The first-order valence-corrected chi connectivity index (χ1v) is 5.46. The van der Waals surface area contributed by atoms with Crippen LogP contribution in [0.4, 0.5) is 0 Å². The van der Waals surface area contributed by atoms with E-state index in [9.17, 15) is 9.59 Å². The lowest BCUT2D eigenvalue weighted by Crippen LogP contribution is -2.32. The molecule has 1 aliphatic carbocycles. The molecule has 1 atom stereocenters. The van der Waals surface area contributed by atoms with Crippen LogP contribution in [0.1, 0.15) is 36.2 Å². The van der Waals surface area contributed by atoms with E-state index in [0.717, 1.165) is 24.1 Å². The lowest BCUT2D eigenvalue weighted by atomic mass is 9.98. The summed E-state index contributed by atoms with van der Waals surface area (Å²) >= 11 is 0. The molecule has 1 aromatic rings. The number of fused-ring (bicyclic) bond motifs is 1. The zero-order valence-corrected chi connectivity index (χ0v) is 9.49. The molecule has 0 spiro atoms. The number of nitrogens with one attached hydrogen (secondary N) is 2. The van der Waals surface area contributed by atoms with Gasteiger partial charge in [-0.25, -0.2) is 4.79 Å². The highest BCUT2D eigenvalue weighted by molar-refractivity contribution is 5.84.